The average Bonchev–Trinajstić information content (AvgIpc) is 1.57. The summed E-state index contributed by atoms with van der Waals surface area (Å²) in [6.45, 7) is 8.45. The molecular weight excluding hydrogens is 1400 g/mol. The number of allylic oxidation sites excluding steroid dienone is 7. The first-order valence-corrected chi connectivity index (χ1v) is 38.5. The summed E-state index contributed by atoms with van der Waals surface area (Å²) < 4.78 is 69.5. The van der Waals surface area contributed by atoms with Gasteiger partial charge in [-0.25, -0.2) is 0 Å². The fourth-order valence-corrected chi connectivity index (χ4v) is 17.6. The molecule has 108 heavy (non-hydrogen) atoms. The van der Waals surface area contributed by atoms with Gasteiger partial charge in [0.15, 0.2) is 24.8 Å². The van der Waals surface area contributed by atoms with Crippen molar-refractivity contribution >= 4 is 50.4 Å². The number of anilines is 1. The van der Waals surface area contributed by atoms with Crippen molar-refractivity contribution in [3.8, 4) is 0 Å². The molecule has 12 saturated heterocycles. The molecule has 0 radical (unpaired) electrons. The first-order valence-electron chi connectivity index (χ1n) is 38.5. The van der Waals surface area contributed by atoms with Crippen molar-refractivity contribution in [1.82, 2.24) is 10.6 Å². The number of nitrogens with one attached hydrogen (secondary N) is 2. The van der Waals surface area contributed by atoms with Gasteiger partial charge in [0, 0.05) is 87.0 Å². The topological polar surface area (TPSA) is 368 Å². The number of aliphatic hydroxyl groups excluding tert-OH is 10. The maximum atomic E-state index is 14.0. The quantitative estimate of drug-likeness (QED) is 0.0353. The van der Waals surface area contributed by atoms with Crippen LogP contribution >= 0.6 is 0 Å². The Morgan fingerprint density at radius 3 is 1.79 bits per heavy atom. The van der Waals surface area contributed by atoms with Crippen molar-refractivity contribution in [3.05, 3.63) is 131 Å². The zero-order chi connectivity index (χ0) is 76.1. The summed E-state index contributed by atoms with van der Waals surface area (Å²) in [4.78, 5) is 30.2. The van der Waals surface area contributed by atoms with E-state index in [2.05, 4.69) is 133 Å². The van der Waals surface area contributed by atoms with Crippen LogP contribution in [0.1, 0.15) is 109 Å². The Bertz CT molecular complexity index is 3950. The summed E-state index contributed by atoms with van der Waals surface area (Å²) in [5, 5.41) is 119. The number of aliphatic hydroxyl groups is 10. The SMILES string of the molecule is COC1=C(C=CC2=[N+](CCC(=O)NCCCO[C@H]3[C@H]4CCCOC5[C@@H](CO)OC(OC([C@@H](CO)O4)[C@@H]3O)[C@H](O)[C@H]5O)c3ccc4ccccc4c3C2(C)C)CCCC1=CC=C1N(CCC(=O)NCCCO[C@H]2C3OC4[C@@H](CO)OC(CCCO[C@@H]([C@@H]2O)[C@@H](CO)O3)[C@H](O)[C@H]4O)c2ccc3ccccc3c2C1(C)C. The molecule has 15 aliphatic rings. The van der Waals surface area contributed by atoms with Crippen LogP contribution < -0.4 is 15.5 Å². The van der Waals surface area contributed by atoms with Gasteiger partial charge in [0.25, 0.3) is 0 Å². The second-order valence-electron chi connectivity index (χ2n) is 30.7. The molecule has 1 aliphatic carbocycles. The van der Waals surface area contributed by atoms with Crippen molar-refractivity contribution < 1.29 is 117 Å². The van der Waals surface area contributed by atoms with E-state index in [9.17, 15) is 60.7 Å². The highest BCUT2D eigenvalue weighted by Gasteiger charge is 2.55. The number of amides is 2. The minimum atomic E-state index is -1.59. The van der Waals surface area contributed by atoms with E-state index in [0.29, 0.717) is 51.6 Å². The molecule has 14 aliphatic heterocycles. The van der Waals surface area contributed by atoms with Gasteiger partial charge >= 0.3 is 0 Å². The number of hydrogen-bond acceptors (Lipinski definition) is 24. The minimum absolute atomic E-state index is 0.0373. The third kappa shape index (κ3) is 16.4. The van der Waals surface area contributed by atoms with Crippen LogP contribution in [0.4, 0.5) is 11.4 Å². The van der Waals surface area contributed by atoms with Gasteiger partial charge in [-0.1, -0.05) is 74.5 Å². The van der Waals surface area contributed by atoms with E-state index in [0.717, 1.165) is 86.1 Å². The predicted molar refractivity (Wildman–Crippen MR) is 395 cm³/mol. The van der Waals surface area contributed by atoms with Crippen LogP contribution in [-0.2, 0) is 72.5 Å². The van der Waals surface area contributed by atoms with E-state index in [1.54, 1.807) is 7.11 Å². The van der Waals surface area contributed by atoms with Crippen molar-refractivity contribution in [1.29, 1.82) is 0 Å². The molecule has 14 heterocycles. The van der Waals surface area contributed by atoms with Gasteiger partial charge in [-0.05, 0) is 134 Å². The Labute approximate surface area is 629 Å². The van der Waals surface area contributed by atoms with Crippen molar-refractivity contribution in [3.63, 3.8) is 0 Å². The number of fused-ring (bicyclic) bond motifs is 6. The zero-order valence-corrected chi connectivity index (χ0v) is 62.2. The number of methoxy groups -OCH3 is 1. The van der Waals surface area contributed by atoms with Crippen LogP contribution in [-0.4, -0.2) is 282 Å². The molecule has 6 unspecified atom stereocenters. The fourth-order valence-electron chi connectivity index (χ4n) is 17.6. The lowest BCUT2D eigenvalue weighted by Crippen LogP contribution is -2.65. The first-order chi connectivity index (χ1) is 52.2. The van der Waals surface area contributed by atoms with Gasteiger partial charge in [-0.15, -0.1) is 0 Å². The second-order valence-corrected chi connectivity index (χ2v) is 30.7. The average molecular weight is 1510 g/mol. The Kier molecular flexibility index (Phi) is 26.0. The maximum absolute atomic E-state index is 14.0. The zero-order valence-electron chi connectivity index (χ0n) is 62.2. The molecule has 12 N–H and O–H groups in total. The lowest BCUT2D eigenvalue weighted by Gasteiger charge is -2.47. The number of carbonyl (C=O) groups excluding carboxylic acids is 2. The highest BCUT2D eigenvalue weighted by molar-refractivity contribution is 6.08. The number of benzene rings is 4. The molecule has 27 heteroatoms. The summed E-state index contributed by atoms with van der Waals surface area (Å²) in [7, 11) is 1.71. The maximum Gasteiger partial charge on any atom is 0.226 e. The van der Waals surface area contributed by atoms with Gasteiger partial charge < -0.3 is 119 Å². The number of rotatable bonds is 24. The van der Waals surface area contributed by atoms with E-state index in [1.807, 2.05) is 12.1 Å². The molecule has 12 fully saturated rings. The molecular formula is C81H109N4O23+. The van der Waals surface area contributed by atoms with Crippen molar-refractivity contribution in [2.24, 2.45) is 0 Å². The van der Waals surface area contributed by atoms with Gasteiger partial charge in [-0.3, -0.25) is 9.59 Å². The molecule has 4 aromatic rings. The first kappa shape index (κ1) is 79.8. The van der Waals surface area contributed by atoms with Crippen LogP contribution in [0.25, 0.3) is 21.5 Å². The highest BCUT2D eigenvalue weighted by Crippen LogP contribution is 2.52. The van der Waals surface area contributed by atoms with Crippen LogP contribution in [0.3, 0.4) is 0 Å². The molecule has 4 aromatic carbocycles. The van der Waals surface area contributed by atoms with Gasteiger partial charge in [0.2, 0.25) is 17.5 Å². The van der Waals surface area contributed by atoms with Crippen LogP contribution in [0, 0.1) is 0 Å². The summed E-state index contributed by atoms with van der Waals surface area (Å²) in [6, 6.07) is 25.2. The predicted octanol–water partition coefficient (Wildman–Crippen LogP) is 3.43. The van der Waals surface area contributed by atoms with E-state index in [4.69, 9.17) is 52.1 Å². The molecule has 2 amide bonds. The van der Waals surface area contributed by atoms with Crippen LogP contribution in [0.2, 0.25) is 0 Å². The second kappa shape index (κ2) is 35.2. The molecule has 0 spiro atoms. The summed E-state index contributed by atoms with van der Waals surface area (Å²) >= 11 is 0. The summed E-state index contributed by atoms with van der Waals surface area (Å²) in [5.41, 5.74) is 7.46. The number of hydrogen-bond donors (Lipinski definition) is 12. The summed E-state index contributed by atoms with van der Waals surface area (Å²) in [6.07, 6.45) is -10.0. The van der Waals surface area contributed by atoms with Crippen LogP contribution in [0.5, 0.6) is 0 Å². The fraction of sp³-hybridized carbons (Fsp3) is 0.617. The van der Waals surface area contributed by atoms with E-state index >= 15 is 0 Å². The Morgan fingerprint density at radius 1 is 0.565 bits per heavy atom. The van der Waals surface area contributed by atoms with E-state index in [-0.39, 0.29) is 64.2 Å². The van der Waals surface area contributed by atoms with Gasteiger partial charge in [-0.2, -0.15) is 4.58 Å². The lowest BCUT2D eigenvalue weighted by molar-refractivity contribution is -0.436. The molecule has 19 rings (SSSR count). The Balaban J connectivity index is 0.679. The highest BCUT2D eigenvalue weighted by atomic mass is 16.7. The molecule has 0 aromatic heterocycles. The monoisotopic (exact) mass is 1510 g/mol. The molecule has 0 saturated carbocycles. The molecule has 8 bridgehead atoms. The van der Waals surface area contributed by atoms with Crippen LogP contribution in [0.15, 0.2) is 120 Å². The number of carbonyl (C=O) groups is 2. The smallest absolute Gasteiger partial charge is 0.226 e. The largest absolute Gasteiger partial charge is 0.496 e. The Hall–Kier alpha value is -6.23. The third-order valence-corrected chi connectivity index (χ3v) is 23.1. The molecule has 27 nitrogen and oxygen atoms in total. The van der Waals surface area contributed by atoms with Crippen molar-refractivity contribution in [2.75, 3.05) is 91.0 Å². The van der Waals surface area contributed by atoms with E-state index < -0.39 is 160 Å². The summed E-state index contributed by atoms with van der Waals surface area (Å²) in [5.74, 6) is 0.444. The minimum Gasteiger partial charge on any atom is -0.496 e. The number of ether oxygens (including phenoxy) is 11. The van der Waals surface area contributed by atoms with Gasteiger partial charge in [0.1, 0.15) is 103 Å². The Morgan fingerprint density at radius 2 is 1.12 bits per heavy atom. The molecule has 20 atom stereocenters. The lowest BCUT2D eigenvalue weighted by atomic mass is 9.78. The normalized spacial score (nSPS) is 34.2. The van der Waals surface area contributed by atoms with E-state index in [1.165, 1.54) is 5.56 Å². The standard InChI is InChI=1S/C81H108N4O23/c1-80(2)59(84(51-27-23-45-15-6-8-19-49(45)63(51)80)35-31-61(90)82-33-13-39-101-72-54-22-12-38-99-73-55(41-86)105-78(68(95)67(73)94)107-76(69(72)96)58(44-89)104-54)29-25-47-17-10-18-48(71(47)98-5)26-30-60-81(3,4)64-50-20-9-7-16-46(50)24-28-52(64)85(60)36-32-62(91)83-34-14-40-102-77-70(97)74-56(42-87)106-79(77)108-75-57(43-88)103-53(21-11-37-100-74)65(92)66(75)93/h6-9,15-16,19-20,23-30,53-58,65-70,72-79,86-89,92-97H,10-14,17-18,21-22,31-44H2,1-5H3,(H-,82,83,90,91)/p+1/t53?,54-,55-,56-,57-,58-,65+,66-,67-,68-,69-,70+,72+,73?,74-,75?,76?,77-,78?,79?/m1/s1. The third-order valence-electron chi connectivity index (χ3n) is 23.1. The molecule has 590 valence electrons. The van der Waals surface area contributed by atoms with Gasteiger partial charge in [0.05, 0.1) is 57.6 Å². The number of nitrogens with zero attached hydrogens (tertiary/aromatic N) is 2. The van der Waals surface area contributed by atoms with Crippen molar-refractivity contribution in [2.45, 2.75) is 232 Å².